The van der Waals surface area contributed by atoms with Crippen LogP contribution in [-0.2, 0) is 0 Å². The van der Waals surface area contributed by atoms with Crippen LogP contribution in [0.15, 0.2) is 0 Å². The summed E-state index contributed by atoms with van der Waals surface area (Å²) in [5.74, 6) is 2.72. The lowest BCUT2D eigenvalue weighted by Crippen LogP contribution is -1.88. The molecule has 0 aromatic carbocycles. The van der Waals surface area contributed by atoms with E-state index in [1.807, 2.05) is 0 Å². The number of rotatable bonds is 0. The van der Waals surface area contributed by atoms with E-state index >= 15 is 0 Å². The molecule has 7 heavy (non-hydrogen) atoms. The Hall–Kier alpha value is 0.0400. The van der Waals surface area contributed by atoms with Crippen LogP contribution in [0.2, 0.25) is 0 Å². The minimum absolute atomic E-state index is 0.194. The van der Waals surface area contributed by atoms with Crippen molar-refractivity contribution >= 4 is 15.9 Å². The summed E-state index contributed by atoms with van der Waals surface area (Å²) in [5, 5.41) is 0. The molecule has 0 unspecified atom stereocenters. The van der Waals surface area contributed by atoms with Gasteiger partial charge in [0, 0.05) is 10.2 Å². The van der Waals surface area contributed by atoms with E-state index in [1.54, 1.807) is 0 Å². The van der Waals surface area contributed by atoms with Gasteiger partial charge in [-0.2, -0.15) is 0 Å². The van der Waals surface area contributed by atoms with Gasteiger partial charge in [-0.3, -0.25) is 0 Å². The van der Waals surface area contributed by atoms with Crippen LogP contribution >= 0.6 is 15.9 Å². The third-order valence-corrected chi connectivity index (χ3v) is 2.80. The van der Waals surface area contributed by atoms with Gasteiger partial charge in [0.1, 0.15) is 0 Å². The number of hydrogen-bond acceptors (Lipinski definition) is 0. The van der Waals surface area contributed by atoms with Gasteiger partial charge < -0.3 is 0 Å². The Morgan fingerprint density at radius 2 is 2.43 bits per heavy atom. The highest BCUT2D eigenvalue weighted by atomic mass is 79.9. The monoisotopic (exact) mass is 158 g/mol. The van der Waals surface area contributed by atoms with Gasteiger partial charge in [0.25, 0.3) is 0 Å². The molecule has 0 radical (unpaired) electrons. The standard InChI is InChI=1S/C6H7Br/c1-3-6(2)4-5(6)7/h1,5H,4H2,2H3/t5-,6+/m1/s1. The van der Waals surface area contributed by atoms with E-state index in [1.165, 1.54) is 0 Å². The van der Waals surface area contributed by atoms with Crippen molar-refractivity contribution in [2.24, 2.45) is 5.41 Å². The first-order valence-corrected chi connectivity index (χ1v) is 3.22. The highest BCUT2D eigenvalue weighted by Crippen LogP contribution is 2.50. The molecule has 2 atom stereocenters. The van der Waals surface area contributed by atoms with Gasteiger partial charge in [0.2, 0.25) is 0 Å². The van der Waals surface area contributed by atoms with E-state index in [0.29, 0.717) is 4.83 Å². The van der Waals surface area contributed by atoms with Crippen LogP contribution < -0.4 is 0 Å². The summed E-state index contributed by atoms with van der Waals surface area (Å²) in [6.07, 6.45) is 6.32. The van der Waals surface area contributed by atoms with Crippen molar-refractivity contribution in [1.29, 1.82) is 0 Å². The quantitative estimate of drug-likeness (QED) is 0.373. The van der Waals surface area contributed by atoms with Gasteiger partial charge in [-0.1, -0.05) is 21.9 Å². The molecule has 0 heterocycles. The molecule has 0 bridgehead atoms. The molecule has 0 amide bonds. The van der Waals surface area contributed by atoms with Crippen molar-refractivity contribution in [3.63, 3.8) is 0 Å². The maximum atomic E-state index is 5.18. The average Bonchev–Trinajstić information content (AvgIpc) is 2.18. The minimum Gasteiger partial charge on any atom is -0.119 e. The Balaban J connectivity index is 2.57. The van der Waals surface area contributed by atoms with E-state index in [4.69, 9.17) is 6.42 Å². The molecule has 1 rings (SSSR count). The number of alkyl halides is 1. The fourth-order valence-electron chi connectivity index (χ4n) is 0.463. The summed E-state index contributed by atoms with van der Waals surface area (Å²) in [4.78, 5) is 0.588. The van der Waals surface area contributed by atoms with Gasteiger partial charge in [-0.15, -0.1) is 6.42 Å². The Kier molecular flexibility index (Phi) is 0.932. The molecular formula is C6H7Br. The summed E-state index contributed by atoms with van der Waals surface area (Å²) in [5.41, 5.74) is 0.194. The fourth-order valence-corrected chi connectivity index (χ4v) is 1.27. The normalized spacial score (nSPS) is 47.9. The average molecular weight is 159 g/mol. The van der Waals surface area contributed by atoms with E-state index in [0.717, 1.165) is 6.42 Å². The van der Waals surface area contributed by atoms with E-state index in [9.17, 15) is 0 Å². The molecule has 0 saturated heterocycles. The lowest BCUT2D eigenvalue weighted by atomic mass is 10.2. The second-order valence-electron chi connectivity index (χ2n) is 2.23. The first kappa shape index (κ1) is 5.18. The predicted molar refractivity (Wildman–Crippen MR) is 34.3 cm³/mol. The van der Waals surface area contributed by atoms with Crippen molar-refractivity contribution < 1.29 is 0 Å². The Morgan fingerprint density at radius 1 is 2.00 bits per heavy atom. The molecule has 1 saturated carbocycles. The maximum absolute atomic E-state index is 5.18. The van der Waals surface area contributed by atoms with Gasteiger partial charge in [-0.25, -0.2) is 0 Å². The van der Waals surface area contributed by atoms with Crippen molar-refractivity contribution in [3.8, 4) is 12.3 Å². The second kappa shape index (κ2) is 1.26. The van der Waals surface area contributed by atoms with Crippen LogP contribution in [0.4, 0.5) is 0 Å². The summed E-state index contributed by atoms with van der Waals surface area (Å²) < 4.78 is 0. The summed E-state index contributed by atoms with van der Waals surface area (Å²) in [6, 6.07) is 0. The van der Waals surface area contributed by atoms with Crippen LogP contribution in [-0.4, -0.2) is 4.83 Å². The summed E-state index contributed by atoms with van der Waals surface area (Å²) in [6.45, 7) is 2.09. The smallest absolute Gasteiger partial charge is 0.0420 e. The Morgan fingerprint density at radius 3 is 2.43 bits per heavy atom. The highest BCUT2D eigenvalue weighted by Gasteiger charge is 2.46. The van der Waals surface area contributed by atoms with Crippen LogP contribution in [0.3, 0.4) is 0 Å². The molecule has 1 heteroatoms. The lowest BCUT2D eigenvalue weighted by molar-refractivity contribution is 0.791. The molecule has 0 aromatic rings. The Bertz CT molecular complexity index is 123. The van der Waals surface area contributed by atoms with Gasteiger partial charge in [0.15, 0.2) is 0 Å². The molecule has 0 aromatic heterocycles. The molecule has 0 aliphatic heterocycles. The van der Waals surface area contributed by atoms with E-state index < -0.39 is 0 Å². The third-order valence-electron chi connectivity index (χ3n) is 1.46. The zero-order chi connectivity index (χ0) is 5.49. The first-order valence-electron chi connectivity index (χ1n) is 2.31. The van der Waals surface area contributed by atoms with Gasteiger partial charge >= 0.3 is 0 Å². The zero-order valence-corrected chi connectivity index (χ0v) is 5.83. The van der Waals surface area contributed by atoms with Crippen molar-refractivity contribution in [2.75, 3.05) is 0 Å². The molecule has 0 N–H and O–H groups in total. The molecule has 1 aliphatic rings. The highest BCUT2D eigenvalue weighted by molar-refractivity contribution is 9.09. The van der Waals surface area contributed by atoms with E-state index in [2.05, 4.69) is 28.8 Å². The van der Waals surface area contributed by atoms with Crippen LogP contribution in [0.25, 0.3) is 0 Å². The number of halogens is 1. The Labute approximate surface area is 52.4 Å². The number of terminal acetylenes is 1. The number of hydrogen-bond donors (Lipinski definition) is 0. The van der Waals surface area contributed by atoms with Crippen LogP contribution in [0, 0.1) is 17.8 Å². The largest absolute Gasteiger partial charge is 0.119 e. The molecule has 0 nitrogen and oxygen atoms in total. The van der Waals surface area contributed by atoms with Crippen molar-refractivity contribution in [2.45, 2.75) is 18.2 Å². The summed E-state index contributed by atoms with van der Waals surface area (Å²) >= 11 is 3.42. The van der Waals surface area contributed by atoms with Crippen molar-refractivity contribution in [1.82, 2.24) is 0 Å². The lowest BCUT2D eigenvalue weighted by Gasteiger charge is -1.90. The second-order valence-corrected chi connectivity index (χ2v) is 3.34. The minimum atomic E-state index is 0.194. The van der Waals surface area contributed by atoms with Crippen LogP contribution in [0.1, 0.15) is 13.3 Å². The van der Waals surface area contributed by atoms with Gasteiger partial charge in [-0.05, 0) is 13.3 Å². The molecular weight excluding hydrogens is 152 g/mol. The molecule has 38 valence electrons. The molecule has 1 aliphatic carbocycles. The third kappa shape index (κ3) is 0.680. The van der Waals surface area contributed by atoms with Gasteiger partial charge in [0.05, 0.1) is 0 Å². The van der Waals surface area contributed by atoms with Crippen molar-refractivity contribution in [3.05, 3.63) is 0 Å². The zero-order valence-electron chi connectivity index (χ0n) is 4.24. The SMILES string of the molecule is C#C[C@@]1(C)C[C@H]1Br. The topological polar surface area (TPSA) is 0 Å². The predicted octanol–water partition coefficient (Wildman–Crippen LogP) is 1.79. The summed E-state index contributed by atoms with van der Waals surface area (Å²) in [7, 11) is 0. The first-order chi connectivity index (χ1) is 3.19. The molecule has 0 spiro atoms. The van der Waals surface area contributed by atoms with E-state index in [-0.39, 0.29) is 5.41 Å². The molecule has 1 fully saturated rings. The fraction of sp³-hybridized carbons (Fsp3) is 0.667. The van der Waals surface area contributed by atoms with Crippen LogP contribution in [0.5, 0.6) is 0 Å². The maximum Gasteiger partial charge on any atom is 0.0420 e.